The third-order valence-corrected chi connectivity index (χ3v) is 4.39. The maximum Gasteiger partial charge on any atom is 0.314 e. The van der Waals surface area contributed by atoms with Gasteiger partial charge in [-0.1, -0.05) is 31.2 Å². The summed E-state index contributed by atoms with van der Waals surface area (Å²) in [7, 11) is 2.07. The molecule has 1 fully saturated rings. The number of benzene rings is 1. The number of carboxylic acid groups (broad SMARTS) is 1. The lowest BCUT2D eigenvalue weighted by atomic mass is 9.74. The quantitative estimate of drug-likeness (QED) is 0.909. The zero-order chi connectivity index (χ0) is 13.9. The maximum atomic E-state index is 11.9. The SMILES string of the molecule is CCc1ccc(C2(C(=O)O)CCCN(C)CC2)cc1. The highest BCUT2D eigenvalue weighted by atomic mass is 16.4. The van der Waals surface area contributed by atoms with Gasteiger partial charge in [-0.2, -0.15) is 0 Å². The van der Waals surface area contributed by atoms with Crippen LogP contribution in [-0.4, -0.2) is 36.1 Å². The van der Waals surface area contributed by atoms with Crippen molar-refractivity contribution in [3.05, 3.63) is 35.4 Å². The molecule has 0 aromatic heterocycles. The number of aryl methyl sites for hydroxylation is 1. The third-order valence-electron chi connectivity index (χ3n) is 4.39. The van der Waals surface area contributed by atoms with E-state index in [9.17, 15) is 9.90 Å². The summed E-state index contributed by atoms with van der Waals surface area (Å²) >= 11 is 0. The maximum absolute atomic E-state index is 11.9. The summed E-state index contributed by atoms with van der Waals surface area (Å²) < 4.78 is 0. The molecule has 19 heavy (non-hydrogen) atoms. The highest BCUT2D eigenvalue weighted by Gasteiger charge is 2.40. The van der Waals surface area contributed by atoms with Gasteiger partial charge < -0.3 is 10.0 Å². The van der Waals surface area contributed by atoms with Crippen LogP contribution in [0.3, 0.4) is 0 Å². The number of nitrogens with zero attached hydrogens (tertiary/aromatic N) is 1. The van der Waals surface area contributed by atoms with E-state index >= 15 is 0 Å². The lowest BCUT2D eigenvalue weighted by Crippen LogP contribution is -2.36. The number of carboxylic acids is 1. The molecule has 104 valence electrons. The first-order valence-electron chi connectivity index (χ1n) is 7.10. The summed E-state index contributed by atoms with van der Waals surface area (Å²) in [5.74, 6) is -0.674. The van der Waals surface area contributed by atoms with Crippen LogP contribution in [0.1, 0.15) is 37.3 Å². The summed E-state index contributed by atoms with van der Waals surface area (Å²) in [5, 5.41) is 9.76. The molecule has 1 aliphatic rings. The van der Waals surface area contributed by atoms with Crippen molar-refractivity contribution >= 4 is 5.97 Å². The first kappa shape index (κ1) is 14.1. The van der Waals surface area contributed by atoms with Crippen molar-refractivity contribution in [2.75, 3.05) is 20.1 Å². The highest BCUT2D eigenvalue weighted by molar-refractivity contribution is 5.81. The average molecular weight is 261 g/mol. The van der Waals surface area contributed by atoms with Gasteiger partial charge in [0, 0.05) is 0 Å². The Balaban J connectivity index is 2.34. The molecule has 1 aromatic carbocycles. The van der Waals surface area contributed by atoms with Crippen molar-refractivity contribution < 1.29 is 9.90 Å². The molecule has 0 amide bonds. The van der Waals surface area contributed by atoms with Crippen molar-refractivity contribution in [3.63, 3.8) is 0 Å². The number of rotatable bonds is 3. The van der Waals surface area contributed by atoms with Gasteiger partial charge >= 0.3 is 5.97 Å². The van der Waals surface area contributed by atoms with Crippen LogP contribution in [0.5, 0.6) is 0 Å². The van der Waals surface area contributed by atoms with Crippen LogP contribution in [0.4, 0.5) is 0 Å². The van der Waals surface area contributed by atoms with E-state index in [2.05, 4.69) is 31.0 Å². The summed E-state index contributed by atoms with van der Waals surface area (Å²) in [6, 6.07) is 8.15. The van der Waals surface area contributed by atoms with E-state index in [1.165, 1.54) is 5.56 Å². The molecule has 1 unspecified atom stereocenters. The minimum atomic E-state index is -0.697. The molecule has 1 aliphatic heterocycles. The van der Waals surface area contributed by atoms with Gasteiger partial charge in [0.15, 0.2) is 0 Å². The van der Waals surface area contributed by atoms with Crippen LogP contribution in [0, 0.1) is 0 Å². The molecule has 1 N–H and O–H groups in total. The number of aliphatic carboxylic acids is 1. The largest absolute Gasteiger partial charge is 0.481 e. The standard InChI is InChI=1S/C16H23NO2/c1-3-13-5-7-14(8-6-13)16(15(18)19)9-4-11-17(2)12-10-16/h5-8H,3-4,9-12H2,1-2H3,(H,18,19). The molecule has 0 spiro atoms. The molecule has 1 saturated heterocycles. The summed E-state index contributed by atoms with van der Waals surface area (Å²) in [6.07, 6.45) is 3.36. The Morgan fingerprint density at radius 1 is 1.26 bits per heavy atom. The van der Waals surface area contributed by atoms with Crippen molar-refractivity contribution in [1.82, 2.24) is 4.90 Å². The predicted molar refractivity (Wildman–Crippen MR) is 76.5 cm³/mol. The highest BCUT2D eigenvalue weighted by Crippen LogP contribution is 2.35. The Kier molecular flexibility index (Phi) is 4.25. The van der Waals surface area contributed by atoms with Gasteiger partial charge in [-0.3, -0.25) is 4.79 Å². The Labute approximate surface area is 115 Å². The Bertz CT molecular complexity index is 441. The first-order valence-corrected chi connectivity index (χ1v) is 7.10. The van der Waals surface area contributed by atoms with Crippen molar-refractivity contribution in [1.29, 1.82) is 0 Å². The molecule has 3 nitrogen and oxygen atoms in total. The number of likely N-dealkylation sites (tertiary alicyclic amines) is 1. The van der Waals surface area contributed by atoms with Gasteiger partial charge in [0.25, 0.3) is 0 Å². The van der Waals surface area contributed by atoms with Crippen molar-refractivity contribution in [3.8, 4) is 0 Å². The second-order valence-electron chi connectivity index (χ2n) is 5.59. The summed E-state index contributed by atoms with van der Waals surface area (Å²) in [6.45, 7) is 3.95. The molecule has 0 aliphatic carbocycles. The van der Waals surface area contributed by atoms with E-state index in [0.717, 1.165) is 37.9 Å². The Hall–Kier alpha value is -1.35. The minimum absolute atomic E-state index is 0.674. The van der Waals surface area contributed by atoms with E-state index in [1.807, 2.05) is 12.1 Å². The first-order chi connectivity index (χ1) is 9.08. The van der Waals surface area contributed by atoms with Gasteiger partial charge in [-0.25, -0.2) is 0 Å². The van der Waals surface area contributed by atoms with E-state index in [1.54, 1.807) is 0 Å². The number of hydrogen-bond donors (Lipinski definition) is 1. The zero-order valence-corrected chi connectivity index (χ0v) is 11.9. The van der Waals surface area contributed by atoms with Gasteiger partial charge in [-0.05, 0) is 56.9 Å². The summed E-state index contributed by atoms with van der Waals surface area (Å²) in [4.78, 5) is 14.1. The molecule has 1 atom stereocenters. The lowest BCUT2D eigenvalue weighted by Gasteiger charge is -2.28. The monoisotopic (exact) mass is 261 g/mol. The van der Waals surface area contributed by atoms with Gasteiger partial charge in [0.2, 0.25) is 0 Å². The molecule has 1 heterocycles. The fraction of sp³-hybridized carbons (Fsp3) is 0.562. The van der Waals surface area contributed by atoms with E-state index < -0.39 is 11.4 Å². The second-order valence-corrected chi connectivity index (χ2v) is 5.59. The lowest BCUT2D eigenvalue weighted by molar-refractivity contribution is -0.144. The molecular formula is C16H23NO2. The number of carbonyl (C=O) groups is 1. The van der Waals surface area contributed by atoms with Crippen molar-refractivity contribution in [2.45, 2.75) is 38.0 Å². The van der Waals surface area contributed by atoms with Gasteiger partial charge in [0.1, 0.15) is 0 Å². The van der Waals surface area contributed by atoms with E-state index in [-0.39, 0.29) is 0 Å². The molecule has 2 rings (SSSR count). The minimum Gasteiger partial charge on any atom is -0.481 e. The van der Waals surface area contributed by atoms with Gasteiger partial charge in [-0.15, -0.1) is 0 Å². The smallest absolute Gasteiger partial charge is 0.314 e. The molecule has 0 bridgehead atoms. The van der Waals surface area contributed by atoms with Crippen LogP contribution in [-0.2, 0) is 16.6 Å². The van der Waals surface area contributed by atoms with Crippen LogP contribution < -0.4 is 0 Å². The normalized spacial score (nSPS) is 24.9. The molecule has 0 saturated carbocycles. The molecule has 0 radical (unpaired) electrons. The van der Waals surface area contributed by atoms with Gasteiger partial charge in [0.05, 0.1) is 5.41 Å². The summed E-state index contributed by atoms with van der Waals surface area (Å²) in [5.41, 5.74) is 1.53. The Morgan fingerprint density at radius 3 is 2.53 bits per heavy atom. The third kappa shape index (κ3) is 2.81. The Morgan fingerprint density at radius 2 is 1.95 bits per heavy atom. The van der Waals surface area contributed by atoms with Crippen LogP contribution >= 0.6 is 0 Å². The van der Waals surface area contributed by atoms with Crippen molar-refractivity contribution in [2.24, 2.45) is 0 Å². The van der Waals surface area contributed by atoms with Crippen LogP contribution in [0.25, 0.3) is 0 Å². The molecule has 3 heteroatoms. The zero-order valence-electron chi connectivity index (χ0n) is 11.9. The number of hydrogen-bond acceptors (Lipinski definition) is 2. The molecular weight excluding hydrogens is 238 g/mol. The fourth-order valence-electron chi connectivity index (χ4n) is 2.95. The second kappa shape index (κ2) is 5.74. The predicted octanol–water partition coefficient (Wildman–Crippen LogP) is 2.69. The van der Waals surface area contributed by atoms with Crippen LogP contribution in [0.2, 0.25) is 0 Å². The van der Waals surface area contributed by atoms with E-state index in [4.69, 9.17) is 0 Å². The van der Waals surface area contributed by atoms with E-state index in [0.29, 0.717) is 6.42 Å². The molecule has 1 aromatic rings. The van der Waals surface area contributed by atoms with Crippen LogP contribution in [0.15, 0.2) is 24.3 Å². The average Bonchev–Trinajstić information content (AvgIpc) is 2.62. The topological polar surface area (TPSA) is 40.5 Å². The fourth-order valence-corrected chi connectivity index (χ4v) is 2.95.